The summed E-state index contributed by atoms with van der Waals surface area (Å²) < 4.78 is 4.92. The van der Waals surface area contributed by atoms with Crippen molar-refractivity contribution < 1.29 is 14.3 Å². The Morgan fingerprint density at radius 3 is 2.36 bits per heavy atom. The molecule has 114 valence electrons. The number of ether oxygens (including phenoxy) is 1. The first kappa shape index (κ1) is 15.5. The predicted octanol–water partition coefficient (Wildman–Crippen LogP) is 1.90. The second-order valence-corrected chi connectivity index (χ2v) is 4.56. The molecule has 0 aliphatic heterocycles. The quantitative estimate of drug-likeness (QED) is 0.794. The van der Waals surface area contributed by atoms with E-state index in [1.54, 1.807) is 55.7 Å². The molecule has 0 spiro atoms. The van der Waals surface area contributed by atoms with Gasteiger partial charge in [0.1, 0.15) is 6.04 Å². The molecule has 6 heteroatoms. The number of carbonyl (C=O) groups is 2. The molecule has 0 aliphatic rings. The van der Waals surface area contributed by atoms with E-state index >= 15 is 0 Å². The summed E-state index contributed by atoms with van der Waals surface area (Å²) in [6, 6.07) is 9.42. The molecule has 2 rings (SSSR count). The number of nitrogens with two attached hydrogens (primary N) is 1. The molecule has 22 heavy (non-hydrogen) atoms. The molecule has 0 radical (unpaired) electrons. The highest BCUT2D eigenvalue weighted by atomic mass is 16.5. The summed E-state index contributed by atoms with van der Waals surface area (Å²) in [5.74, 6) is -0.879. The van der Waals surface area contributed by atoms with Crippen LogP contribution in [0.5, 0.6) is 0 Å². The highest BCUT2D eigenvalue weighted by Gasteiger charge is 2.17. The normalized spacial score (nSPS) is 11.5. The number of aromatic nitrogens is 1. The fourth-order valence-corrected chi connectivity index (χ4v) is 1.96. The smallest absolute Gasteiger partial charge is 0.338 e. The van der Waals surface area contributed by atoms with Crippen molar-refractivity contribution in [2.75, 3.05) is 11.9 Å². The minimum atomic E-state index is -0.670. The lowest BCUT2D eigenvalue weighted by Crippen LogP contribution is -2.27. The minimum absolute atomic E-state index is 0.324. The number of carbonyl (C=O) groups excluding carboxylic acids is 2. The van der Waals surface area contributed by atoms with Crippen molar-refractivity contribution in [3.63, 3.8) is 0 Å². The molecule has 1 atom stereocenters. The van der Waals surface area contributed by atoms with Gasteiger partial charge in [-0.1, -0.05) is 0 Å². The summed E-state index contributed by atoms with van der Waals surface area (Å²) in [5, 5.41) is 3.04. The van der Waals surface area contributed by atoms with Crippen LogP contribution >= 0.6 is 0 Å². The lowest BCUT2D eigenvalue weighted by Gasteiger charge is -2.17. The van der Waals surface area contributed by atoms with Gasteiger partial charge in [-0.2, -0.15) is 0 Å². The second kappa shape index (κ2) is 7.21. The standard InChI is InChI=1S/C16H17N3O3/c1-2-22-16(21)12-3-5-13(6-4-12)19-14(15(17)20)11-7-9-18-10-8-11/h3-10,14,19H,2H2,1H3,(H2,17,20). The van der Waals surface area contributed by atoms with Gasteiger partial charge in [-0.05, 0) is 48.9 Å². The molecule has 1 unspecified atom stereocenters. The van der Waals surface area contributed by atoms with E-state index in [1.807, 2.05) is 0 Å². The average molecular weight is 299 g/mol. The van der Waals surface area contributed by atoms with E-state index in [-0.39, 0.29) is 5.97 Å². The Kier molecular flexibility index (Phi) is 5.08. The molecule has 0 saturated carbocycles. The van der Waals surface area contributed by atoms with Gasteiger partial charge in [0, 0.05) is 18.1 Å². The summed E-state index contributed by atoms with van der Waals surface area (Å²) in [4.78, 5) is 27.1. The Hall–Kier alpha value is -2.89. The van der Waals surface area contributed by atoms with Gasteiger partial charge in [-0.3, -0.25) is 9.78 Å². The summed E-state index contributed by atoms with van der Waals surface area (Å²) in [6.45, 7) is 2.07. The lowest BCUT2D eigenvalue weighted by molar-refractivity contribution is -0.118. The van der Waals surface area contributed by atoms with E-state index in [1.165, 1.54) is 0 Å². The Morgan fingerprint density at radius 1 is 1.18 bits per heavy atom. The van der Waals surface area contributed by atoms with Crippen LogP contribution in [0.4, 0.5) is 5.69 Å². The predicted molar refractivity (Wildman–Crippen MR) is 82.2 cm³/mol. The van der Waals surface area contributed by atoms with Crippen molar-refractivity contribution in [1.82, 2.24) is 4.98 Å². The molecule has 2 aromatic rings. The van der Waals surface area contributed by atoms with E-state index in [4.69, 9.17) is 10.5 Å². The molecule has 0 aliphatic carbocycles. The first-order valence-corrected chi connectivity index (χ1v) is 6.84. The maximum Gasteiger partial charge on any atom is 0.338 e. The Morgan fingerprint density at radius 2 is 1.82 bits per heavy atom. The molecule has 1 aromatic heterocycles. The third-order valence-corrected chi connectivity index (χ3v) is 3.03. The fraction of sp³-hybridized carbons (Fsp3) is 0.188. The van der Waals surface area contributed by atoms with Crippen LogP contribution in [0.2, 0.25) is 0 Å². The zero-order valence-corrected chi connectivity index (χ0v) is 12.2. The first-order valence-electron chi connectivity index (χ1n) is 6.84. The number of rotatable bonds is 6. The van der Waals surface area contributed by atoms with Crippen LogP contribution in [0.25, 0.3) is 0 Å². The number of benzene rings is 1. The molecule has 0 saturated heterocycles. The van der Waals surface area contributed by atoms with Gasteiger partial charge in [-0.15, -0.1) is 0 Å². The monoisotopic (exact) mass is 299 g/mol. The molecular weight excluding hydrogens is 282 g/mol. The zero-order valence-electron chi connectivity index (χ0n) is 12.2. The van der Waals surface area contributed by atoms with E-state index in [9.17, 15) is 9.59 Å². The number of hydrogen-bond acceptors (Lipinski definition) is 5. The lowest BCUT2D eigenvalue weighted by atomic mass is 10.1. The number of amides is 1. The topological polar surface area (TPSA) is 94.3 Å². The average Bonchev–Trinajstić information content (AvgIpc) is 2.54. The number of pyridine rings is 1. The van der Waals surface area contributed by atoms with Crippen LogP contribution in [0.3, 0.4) is 0 Å². The van der Waals surface area contributed by atoms with E-state index in [0.29, 0.717) is 17.9 Å². The van der Waals surface area contributed by atoms with Gasteiger partial charge in [0.05, 0.1) is 12.2 Å². The SMILES string of the molecule is CCOC(=O)c1ccc(NC(C(N)=O)c2ccncc2)cc1. The maximum absolute atomic E-state index is 11.6. The van der Waals surface area contributed by atoms with Crippen molar-refractivity contribution in [2.24, 2.45) is 5.73 Å². The van der Waals surface area contributed by atoms with Crippen LogP contribution in [-0.4, -0.2) is 23.5 Å². The van der Waals surface area contributed by atoms with Gasteiger partial charge < -0.3 is 15.8 Å². The van der Waals surface area contributed by atoms with Crippen molar-refractivity contribution in [2.45, 2.75) is 13.0 Å². The summed E-state index contributed by atoms with van der Waals surface area (Å²) >= 11 is 0. The van der Waals surface area contributed by atoms with Crippen LogP contribution in [0, 0.1) is 0 Å². The number of primary amides is 1. The highest BCUT2D eigenvalue weighted by molar-refractivity contribution is 5.90. The van der Waals surface area contributed by atoms with Gasteiger partial charge >= 0.3 is 5.97 Å². The van der Waals surface area contributed by atoms with E-state index in [2.05, 4.69) is 10.3 Å². The van der Waals surface area contributed by atoms with Crippen LogP contribution in [0.1, 0.15) is 28.9 Å². The van der Waals surface area contributed by atoms with Gasteiger partial charge in [-0.25, -0.2) is 4.79 Å². The Labute approximate surface area is 128 Å². The molecule has 1 aromatic carbocycles. The molecule has 3 N–H and O–H groups in total. The van der Waals surface area contributed by atoms with Crippen molar-refractivity contribution >= 4 is 17.6 Å². The number of esters is 1. The van der Waals surface area contributed by atoms with Gasteiger partial charge in [0.15, 0.2) is 0 Å². The molecular formula is C16H17N3O3. The largest absolute Gasteiger partial charge is 0.462 e. The molecule has 6 nitrogen and oxygen atoms in total. The minimum Gasteiger partial charge on any atom is -0.462 e. The summed E-state index contributed by atoms with van der Waals surface area (Å²) in [5.41, 5.74) is 7.28. The number of anilines is 1. The van der Waals surface area contributed by atoms with Crippen molar-refractivity contribution in [1.29, 1.82) is 0 Å². The van der Waals surface area contributed by atoms with Crippen molar-refractivity contribution in [3.8, 4) is 0 Å². The number of nitrogens with zero attached hydrogens (tertiary/aromatic N) is 1. The second-order valence-electron chi connectivity index (χ2n) is 4.56. The van der Waals surface area contributed by atoms with Crippen LogP contribution < -0.4 is 11.1 Å². The van der Waals surface area contributed by atoms with Crippen LogP contribution in [0.15, 0.2) is 48.8 Å². The number of hydrogen-bond donors (Lipinski definition) is 2. The molecule has 1 heterocycles. The summed E-state index contributed by atoms with van der Waals surface area (Å²) in [7, 11) is 0. The zero-order chi connectivity index (χ0) is 15.9. The summed E-state index contributed by atoms with van der Waals surface area (Å²) in [6.07, 6.45) is 3.19. The van der Waals surface area contributed by atoms with Gasteiger partial charge in [0.25, 0.3) is 0 Å². The van der Waals surface area contributed by atoms with E-state index in [0.717, 1.165) is 5.56 Å². The molecule has 1 amide bonds. The fourth-order valence-electron chi connectivity index (χ4n) is 1.96. The Balaban J connectivity index is 2.14. The highest BCUT2D eigenvalue weighted by Crippen LogP contribution is 2.19. The maximum atomic E-state index is 11.6. The number of nitrogens with one attached hydrogen (secondary N) is 1. The van der Waals surface area contributed by atoms with Crippen LogP contribution in [-0.2, 0) is 9.53 Å². The molecule has 0 fully saturated rings. The van der Waals surface area contributed by atoms with Crippen molar-refractivity contribution in [3.05, 3.63) is 59.9 Å². The third kappa shape index (κ3) is 3.82. The van der Waals surface area contributed by atoms with Gasteiger partial charge in [0.2, 0.25) is 5.91 Å². The molecule has 0 bridgehead atoms. The third-order valence-electron chi connectivity index (χ3n) is 3.03. The Bertz CT molecular complexity index is 641. The first-order chi connectivity index (χ1) is 10.6. The van der Waals surface area contributed by atoms with E-state index < -0.39 is 11.9 Å².